The molecule has 3 heterocycles. The summed E-state index contributed by atoms with van der Waals surface area (Å²) in [7, 11) is -3.95. The van der Waals surface area contributed by atoms with Crippen LogP contribution in [0.1, 0.15) is 80.6 Å². The molecule has 0 spiro atoms. The van der Waals surface area contributed by atoms with E-state index in [0.717, 1.165) is 25.7 Å². The predicted molar refractivity (Wildman–Crippen MR) is 128 cm³/mol. The zero-order valence-electron chi connectivity index (χ0n) is 22.0. The van der Waals surface area contributed by atoms with Crippen molar-refractivity contribution in [3.05, 3.63) is 0 Å². The molecule has 4 fully saturated rings. The molecule has 3 aliphatic heterocycles. The number of hydrogen-bond donors (Lipinski definition) is 0. The second-order valence-corrected chi connectivity index (χ2v) is 13.4. The normalized spacial score (nSPS) is 36.2. The van der Waals surface area contributed by atoms with Crippen LogP contribution in [0.4, 0.5) is 0 Å². The summed E-state index contributed by atoms with van der Waals surface area (Å²) in [5.41, 5.74) is -1.58. The van der Waals surface area contributed by atoms with Crippen LogP contribution in [-0.4, -0.2) is 78.6 Å². The maximum atomic E-state index is 13.6. The van der Waals surface area contributed by atoms with Gasteiger partial charge in [-0.1, -0.05) is 6.92 Å². The number of carbonyl (C=O) groups excluding carboxylic acids is 2. The van der Waals surface area contributed by atoms with Crippen LogP contribution in [0.2, 0.25) is 0 Å². The van der Waals surface area contributed by atoms with E-state index >= 15 is 0 Å². The summed E-state index contributed by atoms with van der Waals surface area (Å²) in [6.07, 6.45) is 1.55. The van der Waals surface area contributed by atoms with Crippen LogP contribution >= 0.6 is 0 Å². The standard InChI is InChI=1S/C25H41NO8S/c1-8-25(11-9-10-12-25)33-23(28)17-19(31-16(27)13-26(14(2)3)15(4)5)21-18-22(20(17)32-21)35(29,30)34-24(18,6)7/h14-15,17-22H,8-13H2,1-7H3. The lowest BCUT2D eigenvalue weighted by atomic mass is 9.72. The second kappa shape index (κ2) is 9.26. The van der Waals surface area contributed by atoms with Crippen molar-refractivity contribution in [2.75, 3.05) is 6.54 Å². The molecule has 0 aromatic carbocycles. The highest BCUT2D eigenvalue weighted by atomic mass is 32.2. The van der Waals surface area contributed by atoms with Gasteiger partial charge in [-0.15, -0.1) is 0 Å². The molecule has 35 heavy (non-hydrogen) atoms. The molecular formula is C25H41NO8S. The summed E-state index contributed by atoms with van der Waals surface area (Å²) in [5, 5.41) is -0.987. The lowest BCUT2D eigenvalue weighted by molar-refractivity contribution is -0.175. The van der Waals surface area contributed by atoms with Crippen molar-refractivity contribution in [2.24, 2.45) is 11.8 Å². The first-order chi connectivity index (χ1) is 16.2. The molecule has 6 atom stereocenters. The third-order valence-electron chi connectivity index (χ3n) is 8.50. The summed E-state index contributed by atoms with van der Waals surface area (Å²) in [6, 6.07) is 0.256. The van der Waals surface area contributed by atoms with Crippen molar-refractivity contribution in [2.45, 2.75) is 127 Å². The first-order valence-corrected chi connectivity index (χ1v) is 14.5. The number of esters is 2. The molecule has 6 unspecified atom stereocenters. The Kier molecular flexibility index (Phi) is 7.10. The van der Waals surface area contributed by atoms with Crippen molar-refractivity contribution in [1.29, 1.82) is 0 Å². The first kappa shape index (κ1) is 26.8. The molecule has 4 rings (SSSR count). The van der Waals surface area contributed by atoms with Crippen molar-refractivity contribution in [1.82, 2.24) is 4.90 Å². The highest BCUT2D eigenvalue weighted by molar-refractivity contribution is 7.87. The minimum absolute atomic E-state index is 0.0656. The van der Waals surface area contributed by atoms with Crippen LogP contribution in [0, 0.1) is 11.8 Å². The lowest BCUT2D eigenvalue weighted by Gasteiger charge is -2.37. The maximum Gasteiger partial charge on any atom is 0.320 e. The third-order valence-corrected chi connectivity index (χ3v) is 10.4. The van der Waals surface area contributed by atoms with Gasteiger partial charge in [0.15, 0.2) is 0 Å². The van der Waals surface area contributed by atoms with Gasteiger partial charge >= 0.3 is 11.9 Å². The molecule has 3 saturated heterocycles. The lowest BCUT2D eigenvalue weighted by Crippen LogP contribution is -2.55. The number of ether oxygens (including phenoxy) is 3. The van der Waals surface area contributed by atoms with Crippen molar-refractivity contribution >= 4 is 22.1 Å². The fourth-order valence-corrected chi connectivity index (χ4v) is 9.00. The summed E-state index contributed by atoms with van der Waals surface area (Å²) in [4.78, 5) is 28.7. The molecular weight excluding hydrogens is 474 g/mol. The van der Waals surface area contributed by atoms with Gasteiger partial charge < -0.3 is 14.2 Å². The van der Waals surface area contributed by atoms with Gasteiger partial charge in [-0.25, -0.2) is 0 Å². The van der Waals surface area contributed by atoms with Crippen LogP contribution < -0.4 is 0 Å². The Hall–Kier alpha value is -1.23. The van der Waals surface area contributed by atoms with Gasteiger partial charge in [-0.3, -0.25) is 18.7 Å². The van der Waals surface area contributed by atoms with E-state index in [0.29, 0.717) is 6.42 Å². The van der Waals surface area contributed by atoms with Gasteiger partial charge in [0.25, 0.3) is 10.1 Å². The molecule has 1 saturated carbocycles. The van der Waals surface area contributed by atoms with E-state index in [4.69, 9.17) is 18.4 Å². The van der Waals surface area contributed by atoms with Crippen molar-refractivity contribution < 1.29 is 36.4 Å². The molecule has 2 bridgehead atoms. The Labute approximate surface area is 209 Å². The minimum atomic E-state index is -3.95. The van der Waals surface area contributed by atoms with Gasteiger partial charge in [0.1, 0.15) is 29.0 Å². The number of carbonyl (C=O) groups is 2. The van der Waals surface area contributed by atoms with E-state index in [2.05, 4.69) is 0 Å². The van der Waals surface area contributed by atoms with E-state index in [1.165, 1.54) is 0 Å². The van der Waals surface area contributed by atoms with Crippen molar-refractivity contribution in [3.63, 3.8) is 0 Å². The monoisotopic (exact) mass is 515 g/mol. The average Bonchev–Trinajstić information content (AvgIpc) is 3.47. The molecule has 9 nitrogen and oxygen atoms in total. The zero-order chi connectivity index (χ0) is 25.9. The quantitative estimate of drug-likeness (QED) is 0.356. The van der Waals surface area contributed by atoms with Crippen molar-refractivity contribution in [3.8, 4) is 0 Å². The first-order valence-electron chi connectivity index (χ1n) is 13.0. The SMILES string of the molecule is CCC1(OC(=O)C2C(OC(=O)CN(C(C)C)C(C)C)C3OC2C2C3C(C)(C)OS2(=O)=O)CCCC1. The molecule has 0 aromatic rings. The second-order valence-electron chi connectivity index (χ2n) is 11.7. The molecule has 4 aliphatic rings. The Morgan fingerprint density at radius 3 is 2.20 bits per heavy atom. The van der Waals surface area contributed by atoms with E-state index in [1.807, 2.05) is 39.5 Å². The zero-order valence-corrected chi connectivity index (χ0v) is 22.8. The topological polar surface area (TPSA) is 108 Å². The number of fused-ring (bicyclic) bond motifs is 5. The van der Waals surface area contributed by atoms with Gasteiger partial charge in [0.2, 0.25) is 0 Å². The van der Waals surface area contributed by atoms with Crippen LogP contribution in [0.3, 0.4) is 0 Å². The van der Waals surface area contributed by atoms with Gasteiger partial charge in [-0.05, 0) is 73.6 Å². The molecule has 10 heteroatoms. The Morgan fingerprint density at radius 1 is 1.06 bits per heavy atom. The summed E-state index contributed by atoms with van der Waals surface area (Å²) < 4.78 is 49.5. The molecule has 0 radical (unpaired) electrons. The highest BCUT2D eigenvalue weighted by Gasteiger charge is 2.74. The molecule has 200 valence electrons. The van der Waals surface area contributed by atoms with Crippen LogP contribution in [-0.2, 0) is 38.1 Å². The molecule has 0 aromatic heterocycles. The van der Waals surface area contributed by atoms with Gasteiger partial charge in [-0.2, -0.15) is 8.42 Å². The number of hydrogen-bond acceptors (Lipinski definition) is 9. The third kappa shape index (κ3) is 4.64. The Bertz CT molecular complexity index is 931. The number of rotatable bonds is 8. The fraction of sp³-hybridized carbons (Fsp3) is 0.920. The van der Waals surface area contributed by atoms with E-state index < -0.39 is 68.7 Å². The summed E-state index contributed by atoms with van der Waals surface area (Å²) in [6.45, 7) is 13.5. The molecule has 0 amide bonds. The van der Waals surface area contributed by atoms with Crippen LogP contribution in [0.25, 0.3) is 0 Å². The Balaban J connectivity index is 1.62. The molecule has 0 N–H and O–H groups in total. The van der Waals surface area contributed by atoms with E-state index in [9.17, 15) is 18.0 Å². The van der Waals surface area contributed by atoms with Crippen LogP contribution in [0.15, 0.2) is 0 Å². The van der Waals surface area contributed by atoms with Gasteiger partial charge in [0.05, 0.1) is 18.2 Å². The smallest absolute Gasteiger partial charge is 0.320 e. The van der Waals surface area contributed by atoms with Gasteiger partial charge in [0, 0.05) is 18.0 Å². The van der Waals surface area contributed by atoms with E-state index in [1.54, 1.807) is 13.8 Å². The Morgan fingerprint density at radius 2 is 1.66 bits per heavy atom. The molecule has 1 aliphatic carbocycles. The fourth-order valence-electron chi connectivity index (χ4n) is 6.78. The number of nitrogens with zero attached hydrogens (tertiary/aromatic N) is 1. The largest absolute Gasteiger partial charge is 0.459 e. The minimum Gasteiger partial charge on any atom is -0.459 e. The van der Waals surface area contributed by atoms with E-state index in [-0.39, 0.29) is 18.6 Å². The van der Waals surface area contributed by atoms with Crippen LogP contribution in [0.5, 0.6) is 0 Å². The maximum absolute atomic E-state index is 13.6. The highest BCUT2D eigenvalue weighted by Crippen LogP contribution is 2.57. The summed E-state index contributed by atoms with van der Waals surface area (Å²) in [5.74, 6) is -2.55. The predicted octanol–water partition coefficient (Wildman–Crippen LogP) is 2.80. The average molecular weight is 516 g/mol. The summed E-state index contributed by atoms with van der Waals surface area (Å²) >= 11 is 0.